The Bertz CT molecular complexity index is 489. The average molecular weight is 265 g/mol. The van der Waals surface area contributed by atoms with Crippen LogP contribution in [0, 0.1) is 11.7 Å². The monoisotopic (exact) mass is 265 g/mol. The molecule has 0 radical (unpaired) electrons. The van der Waals surface area contributed by atoms with E-state index in [4.69, 9.17) is 4.74 Å². The van der Waals surface area contributed by atoms with Gasteiger partial charge in [-0.15, -0.1) is 0 Å². The van der Waals surface area contributed by atoms with Crippen molar-refractivity contribution in [2.45, 2.75) is 19.4 Å². The summed E-state index contributed by atoms with van der Waals surface area (Å²) >= 11 is 0. The highest BCUT2D eigenvalue weighted by molar-refractivity contribution is 5.81. The molecule has 1 atom stereocenters. The molecule has 0 spiro atoms. The zero-order valence-corrected chi connectivity index (χ0v) is 10.8. The fourth-order valence-corrected chi connectivity index (χ4v) is 2.28. The maximum Gasteiger partial charge on any atom is 0.310 e. The molecule has 102 valence electrons. The van der Waals surface area contributed by atoms with Gasteiger partial charge in [-0.25, -0.2) is 4.39 Å². The van der Waals surface area contributed by atoms with Crippen molar-refractivity contribution < 1.29 is 18.7 Å². The number of rotatable bonds is 3. The maximum atomic E-state index is 13.1. The first kappa shape index (κ1) is 13.5. The van der Waals surface area contributed by atoms with Crippen LogP contribution in [0.1, 0.15) is 18.4 Å². The molecule has 2 rings (SSSR count). The Kier molecular flexibility index (Phi) is 4.14. The van der Waals surface area contributed by atoms with E-state index in [1.54, 1.807) is 17.0 Å². The van der Waals surface area contributed by atoms with Crippen molar-refractivity contribution in [1.29, 1.82) is 0 Å². The lowest BCUT2D eigenvalue weighted by atomic mass is 9.97. The van der Waals surface area contributed by atoms with Gasteiger partial charge < -0.3 is 9.64 Å². The second-order valence-electron chi connectivity index (χ2n) is 4.66. The molecule has 1 aliphatic rings. The summed E-state index contributed by atoms with van der Waals surface area (Å²) in [4.78, 5) is 24.9. The molecule has 1 amide bonds. The standard InChI is InChI=1S/C14H16FNO3/c1-19-14(18)11-5-6-13(17)16(9-11)8-10-3-2-4-12(15)7-10/h2-4,7,11H,5-6,8-9H2,1H3/t11-/m1/s1. The third-order valence-electron chi connectivity index (χ3n) is 3.30. The lowest BCUT2D eigenvalue weighted by Crippen LogP contribution is -2.42. The van der Waals surface area contributed by atoms with Gasteiger partial charge in [0.15, 0.2) is 0 Å². The van der Waals surface area contributed by atoms with E-state index < -0.39 is 0 Å². The molecule has 0 unspecified atom stereocenters. The van der Waals surface area contributed by atoms with Gasteiger partial charge in [-0.3, -0.25) is 9.59 Å². The zero-order valence-electron chi connectivity index (χ0n) is 10.8. The number of halogens is 1. The Morgan fingerprint density at radius 1 is 1.53 bits per heavy atom. The van der Waals surface area contributed by atoms with Crippen LogP contribution in [-0.2, 0) is 20.9 Å². The maximum absolute atomic E-state index is 13.1. The van der Waals surface area contributed by atoms with Gasteiger partial charge >= 0.3 is 5.97 Å². The van der Waals surface area contributed by atoms with Crippen molar-refractivity contribution in [2.24, 2.45) is 5.92 Å². The summed E-state index contributed by atoms with van der Waals surface area (Å²) < 4.78 is 17.8. The number of carbonyl (C=O) groups is 2. The first-order valence-electron chi connectivity index (χ1n) is 6.20. The summed E-state index contributed by atoms with van der Waals surface area (Å²) in [5.41, 5.74) is 0.721. The number of hydrogen-bond donors (Lipinski definition) is 0. The molecular formula is C14H16FNO3. The number of ether oxygens (including phenoxy) is 1. The molecule has 5 heteroatoms. The fraction of sp³-hybridized carbons (Fsp3) is 0.429. The smallest absolute Gasteiger partial charge is 0.310 e. The highest BCUT2D eigenvalue weighted by Gasteiger charge is 2.30. The van der Waals surface area contributed by atoms with Gasteiger partial charge in [0.1, 0.15) is 5.82 Å². The molecule has 1 heterocycles. The quantitative estimate of drug-likeness (QED) is 0.782. The molecule has 4 nitrogen and oxygen atoms in total. The molecule has 1 aliphatic heterocycles. The van der Waals surface area contributed by atoms with Crippen molar-refractivity contribution in [2.75, 3.05) is 13.7 Å². The number of piperidine rings is 1. The number of methoxy groups -OCH3 is 1. The van der Waals surface area contributed by atoms with Gasteiger partial charge in [-0.1, -0.05) is 12.1 Å². The van der Waals surface area contributed by atoms with E-state index in [9.17, 15) is 14.0 Å². The molecule has 0 saturated carbocycles. The lowest BCUT2D eigenvalue weighted by molar-refractivity contribution is -0.150. The largest absolute Gasteiger partial charge is 0.469 e. The Balaban J connectivity index is 2.05. The summed E-state index contributed by atoms with van der Waals surface area (Å²) in [6, 6.07) is 6.13. The van der Waals surface area contributed by atoms with Gasteiger partial charge in [0.25, 0.3) is 0 Å². The highest BCUT2D eigenvalue weighted by atomic mass is 19.1. The van der Waals surface area contributed by atoms with Crippen LogP contribution in [0.4, 0.5) is 4.39 Å². The number of amides is 1. The second kappa shape index (κ2) is 5.82. The number of carbonyl (C=O) groups excluding carboxylic acids is 2. The van der Waals surface area contributed by atoms with Crippen LogP contribution in [-0.4, -0.2) is 30.4 Å². The first-order chi connectivity index (χ1) is 9.10. The molecule has 1 aromatic carbocycles. The number of hydrogen-bond acceptors (Lipinski definition) is 3. The van der Waals surface area contributed by atoms with Gasteiger partial charge in [0.05, 0.1) is 13.0 Å². The molecule has 1 saturated heterocycles. The van der Waals surface area contributed by atoms with E-state index in [0.29, 0.717) is 25.9 Å². The Labute approximate surface area is 111 Å². The summed E-state index contributed by atoms with van der Waals surface area (Å²) in [6.07, 6.45) is 0.847. The molecule has 0 bridgehead atoms. The van der Waals surface area contributed by atoms with Crippen LogP contribution < -0.4 is 0 Å². The summed E-state index contributed by atoms with van der Waals surface area (Å²) in [7, 11) is 1.34. The molecule has 1 aromatic rings. The number of nitrogens with zero attached hydrogens (tertiary/aromatic N) is 1. The van der Waals surface area contributed by atoms with Crippen LogP contribution in [0.25, 0.3) is 0 Å². The van der Waals surface area contributed by atoms with Crippen molar-refractivity contribution in [3.05, 3.63) is 35.6 Å². The van der Waals surface area contributed by atoms with Gasteiger partial charge in [0.2, 0.25) is 5.91 Å². The van der Waals surface area contributed by atoms with Crippen LogP contribution in [0.15, 0.2) is 24.3 Å². The van der Waals surface area contributed by atoms with E-state index in [0.717, 1.165) is 5.56 Å². The minimum Gasteiger partial charge on any atom is -0.469 e. The predicted molar refractivity (Wildman–Crippen MR) is 66.6 cm³/mol. The first-order valence-corrected chi connectivity index (χ1v) is 6.20. The zero-order chi connectivity index (χ0) is 13.8. The van der Waals surface area contributed by atoms with Crippen molar-refractivity contribution in [3.8, 4) is 0 Å². The third kappa shape index (κ3) is 3.30. The fourth-order valence-electron chi connectivity index (χ4n) is 2.28. The summed E-state index contributed by atoms with van der Waals surface area (Å²) in [5, 5.41) is 0. The van der Waals surface area contributed by atoms with Crippen LogP contribution >= 0.6 is 0 Å². The number of likely N-dealkylation sites (tertiary alicyclic amines) is 1. The molecule has 0 N–H and O–H groups in total. The summed E-state index contributed by atoms with van der Waals surface area (Å²) in [6.45, 7) is 0.659. The van der Waals surface area contributed by atoms with Gasteiger partial charge in [-0.2, -0.15) is 0 Å². The van der Waals surface area contributed by atoms with Crippen LogP contribution in [0.3, 0.4) is 0 Å². The molecule has 0 aliphatic carbocycles. The molecule has 19 heavy (non-hydrogen) atoms. The van der Waals surface area contributed by atoms with Crippen molar-refractivity contribution in [3.63, 3.8) is 0 Å². The lowest BCUT2D eigenvalue weighted by Gasteiger charge is -2.31. The second-order valence-corrected chi connectivity index (χ2v) is 4.66. The molecule has 1 fully saturated rings. The Morgan fingerprint density at radius 2 is 2.32 bits per heavy atom. The Hall–Kier alpha value is -1.91. The summed E-state index contributed by atoms with van der Waals surface area (Å²) in [5.74, 6) is -0.913. The molecule has 0 aromatic heterocycles. The predicted octanol–water partition coefficient (Wildman–Crippen LogP) is 1.74. The van der Waals surface area contributed by atoms with Gasteiger partial charge in [0, 0.05) is 19.5 Å². The van der Waals surface area contributed by atoms with E-state index in [2.05, 4.69) is 0 Å². The van der Waals surface area contributed by atoms with Crippen molar-refractivity contribution >= 4 is 11.9 Å². The number of esters is 1. The minimum atomic E-state index is -0.327. The van der Waals surface area contributed by atoms with E-state index in [1.807, 2.05) is 0 Å². The average Bonchev–Trinajstić information content (AvgIpc) is 2.40. The third-order valence-corrected chi connectivity index (χ3v) is 3.30. The van der Waals surface area contributed by atoms with E-state index in [1.165, 1.54) is 19.2 Å². The normalized spacial score (nSPS) is 19.4. The minimum absolute atomic E-state index is 0.00980. The van der Waals surface area contributed by atoms with Crippen LogP contribution in [0.5, 0.6) is 0 Å². The van der Waals surface area contributed by atoms with E-state index in [-0.39, 0.29) is 23.6 Å². The van der Waals surface area contributed by atoms with E-state index >= 15 is 0 Å². The van der Waals surface area contributed by atoms with Gasteiger partial charge in [-0.05, 0) is 24.1 Å². The Morgan fingerprint density at radius 3 is 3.00 bits per heavy atom. The number of benzene rings is 1. The molecular weight excluding hydrogens is 249 g/mol. The van der Waals surface area contributed by atoms with Crippen LogP contribution in [0.2, 0.25) is 0 Å². The topological polar surface area (TPSA) is 46.6 Å². The highest BCUT2D eigenvalue weighted by Crippen LogP contribution is 2.21. The SMILES string of the molecule is COC(=O)[C@@H]1CCC(=O)N(Cc2cccc(F)c2)C1. The van der Waals surface area contributed by atoms with Crippen molar-refractivity contribution in [1.82, 2.24) is 4.90 Å².